The molecule has 0 spiro atoms. The van der Waals surface area contributed by atoms with E-state index in [1.165, 1.54) is 0 Å². The molecule has 1 aliphatic rings. The highest BCUT2D eigenvalue weighted by Crippen LogP contribution is 2.47. The van der Waals surface area contributed by atoms with Gasteiger partial charge >= 0.3 is 5.97 Å². The molecule has 1 fully saturated rings. The van der Waals surface area contributed by atoms with Crippen molar-refractivity contribution in [2.75, 3.05) is 12.8 Å². The minimum absolute atomic E-state index is 0.0952. The maximum Gasteiger partial charge on any atom is 0.326 e. The summed E-state index contributed by atoms with van der Waals surface area (Å²) in [6.45, 7) is 3.35. The fourth-order valence-corrected chi connectivity index (χ4v) is 5.24. The van der Waals surface area contributed by atoms with E-state index >= 15 is 0 Å². The van der Waals surface area contributed by atoms with Crippen molar-refractivity contribution in [1.82, 2.24) is 4.90 Å². The van der Waals surface area contributed by atoms with Gasteiger partial charge in [0.05, 0.1) is 5.41 Å². The van der Waals surface area contributed by atoms with Crippen LogP contribution in [-0.4, -0.2) is 43.4 Å². The second-order valence-corrected chi connectivity index (χ2v) is 8.23. The van der Waals surface area contributed by atoms with Gasteiger partial charge in [-0.1, -0.05) is 44.2 Å². The zero-order valence-corrected chi connectivity index (χ0v) is 15.0. The number of benzene rings is 1. The molecule has 1 heterocycles. The number of likely N-dealkylation sites (tertiary alicyclic amines) is 1. The molecule has 24 heavy (non-hydrogen) atoms. The number of esters is 1. The number of nitrogens with zero attached hydrogens (tertiary/aromatic N) is 1. The Balaban J connectivity index is 2.05. The average Bonchev–Trinajstić information content (AvgIpc) is 2.55. The minimum Gasteiger partial charge on any atom is -0.459 e. The van der Waals surface area contributed by atoms with Gasteiger partial charge in [-0.25, -0.2) is 8.42 Å². The SMILES string of the molecule is CCC1(CC)C(=O)N(CC(=O)OCc2ccccc2)C1S(C)(=O)=O. The molecule has 1 atom stereocenters. The smallest absolute Gasteiger partial charge is 0.326 e. The number of rotatable bonds is 7. The van der Waals surface area contributed by atoms with E-state index in [0.717, 1.165) is 16.7 Å². The second-order valence-electron chi connectivity index (χ2n) is 6.12. The molecular formula is C17H23NO5S. The lowest BCUT2D eigenvalue weighted by Crippen LogP contribution is -2.71. The molecule has 0 N–H and O–H groups in total. The van der Waals surface area contributed by atoms with Crippen LogP contribution in [-0.2, 0) is 30.8 Å². The molecule has 0 saturated carbocycles. The molecule has 1 aromatic carbocycles. The Morgan fingerprint density at radius 3 is 2.29 bits per heavy atom. The van der Waals surface area contributed by atoms with Crippen LogP contribution in [0.4, 0.5) is 0 Å². The Kier molecular flexibility index (Phi) is 5.32. The number of sulfone groups is 1. The number of carbonyl (C=O) groups is 2. The maximum absolute atomic E-state index is 12.5. The fourth-order valence-electron chi connectivity index (χ4n) is 3.35. The summed E-state index contributed by atoms with van der Waals surface area (Å²) in [4.78, 5) is 25.6. The van der Waals surface area contributed by atoms with Crippen LogP contribution >= 0.6 is 0 Å². The first-order chi connectivity index (χ1) is 11.3. The zero-order chi connectivity index (χ0) is 18.0. The molecule has 1 unspecified atom stereocenters. The van der Waals surface area contributed by atoms with Gasteiger partial charge in [0.2, 0.25) is 5.91 Å². The Morgan fingerprint density at radius 2 is 1.79 bits per heavy atom. The molecule has 1 aromatic rings. The standard InChI is InChI=1S/C17H23NO5S/c1-4-17(5-2)15(20)18(16(17)24(3,21)22)11-14(19)23-12-13-9-7-6-8-10-13/h6-10,16H,4-5,11-12H2,1-3H3. The van der Waals surface area contributed by atoms with Crippen LogP contribution in [0.1, 0.15) is 32.3 Å². The molecule has 0 radical (unpaired) electrons. The van der Waals surface area contributed by atoms with Crippen molar-refractivity contribution in [3.63, 3.8) is 0 Å². The summed E-state index contributed by atoms with van der Waals surface area (Å²) in [6, 6.07) is 9.16. The van der Waals surface area contributed by atoms with Crippen LogP contribution in [0.3, 0.4) is 0 Å². The number of ether oxygens (including phenoxy) is 1. The van der Waals surface area contributed by atoms with E-state index in [1.807, 2.05) is 30.3 Å². The predicted molar refractivity (Wildman–Crippen MR) is 89.6 cm³/mol. The quantitative estimate of drug-likeness (QED) is 0.551. The largest absolute Gasteiger partial charge is 0.459 e. The summed E-state index contributed by atoms with van der Waals surface area (Å²) in [7, 11) is -3.50. The maximum atomic E-state index is 12.5. The van der Waals surface area contributed by atoms with E-state index < -0.39 is 26.6 Å². The molecular weight excluding hydrogens is 330 g/mol. The monoisotopic (exact) mass is 353 g/mol. The summed E-state index contributed by atoms with van der Waals surface area (Å²) in [5, 5.41) is -0.961. The van der Waals surface area contributed by atoms with Crippen LogP contribution in [0.25, 0.3) is 0 Å². The van der Waals surface area contributed by atoms with Gasteiger partial charge in [0.15, 0.2) is 9.84 Å². The van der Waals surface area contributed by atoms with E-state index in [9.17, 15) is 18.0 Å². The van der Waals surface area contributed by atoms with Crippen LogP contribution in [0, 0.1) is 5.41 Å². The summed E-state index contributed by atoms with van der Waals surface area (Å²) in [5.74, 6) is -0.902. The third kappa shape index (κ3) is 3.31. The molecule has 2 rings (SSSR count). The number of amides is 1. The zero-order valence-electron chi connectivity index (χ0n) is 14.2. The van der Waals surface area contributed by atoms with E-state index in [2.05, 4.69) is 0 Å². The van der Waals surface area contributed by atoms with Crippen LogP contribution in [0.15, 0.2) is 30.3 Å². The molecule has 132 valence electrons. The number of hydrogen-bond donors (Lipinski definition) is 0. The molecule has 0 aromatic heterocycles. The van der Waals surface area contributed by atoms with Crippen molar-refractivity contribution < 1.29 is 22.7 Å². The Hall–Kier alpha value is -1.89. The van der Waals surface area contributed by atoms with Gasteiger partial charge in [-0.05, 0) is 18.4 Å². The fraction of sp³-hybridized carbons (Fsp3) is 0.529. The van der Waals surface area contributed by atoms with Gasteiger partial charge < -0.3 is 9.64 Å². The van der Waals surface area contributed by atoms with Crippen LogP contribution in [0.2, 0.25) is 0 Å². The minimum atomic E-state index is -3.50. The molecule has 1 aliphatic heterocycles. The normalized spacial score (nSPS) is 19.7. The third-order valence-corrected chi connectivity index (χ3v) is 6.17. The van der Waals surface area contributed by atoms with Crippen molar-refractivity contribution in [2.24, 2.45) is 5.41 Å². The van der Waals surface area contributed by atoms with Gasteiger partial charge in [0.1, 0.15) is 18.5 Å². The van der Waals surface area contributed by atoms with Gasteiger partial charge in [-0.15, -0.1) is 0 Å². The summed E-state index contributed by atoms with van der Waals surface area (Å²) in [5.41, 5.74) is -0.0928. The first-order valence-corrected chi connectivity index (χ1v) is 9.91. The molecule has 0 aliphatic carbocycles. The molecule has 1 saturated heterocycles. The van der Waals surface area contributed by atoms with Crippen LogP contribution in [0.5, 0.6) is 0 Å². The summed E-state index contributed by atoms with van der Waals surface area (Å²) < 4.78 is 29.4. The van der Waals surface area contributed by atoms with E-state index in [1.54, 1.807) is 13.8 Å². The average molecular weight is 353 g/mol. The number of hydrogen-bond acceptors (Lipinski definition) is 5. The van der Waals surface area contributed by atoms with Crippen molar-refractivity contribution >= 4 is 21.7 Å². The van der Waals surface area contributed by atoms with Crippen molar-refractivity contribution in [1.29, 1.82) is 0 Å². The first kappa shape index (κ1) is 18.4. The highest BCUT2D eigenvalue weighted by molar-refractivity contribution is 7.91. The van der Waals surface area contributed by atoms with Crippen LogP contribution < -0.4 is 0 Å². The molecule has 1 amide bonds. The van der Waals surface area contributed by atoms with Gasteiger partial charge in [-0.2, -0.15) is 0 Å². The lowest BCUT2D eigenvalue weighted by molar-refractivity contribution is -0.172. The second kappa shape index (κ2) is 6.93. The lowest BCUT2D eigenvalue weighted by Gasteiger charge is -2.54. The Morgan fingerprint density at radius 1 is 1.21 bits per heavy atom. The predicted octanol–water partition coefficient (Wildman–Crippen LogP) is 1.75. The van der Waals surface area contributed by atoms with Gasteiger partial charge in [0, 0.05) is 6.26 Å². The summed E-state index contributed by atoms with van der Waals surface area (Å²) in [6.07, 6.45) is 1.96. The molecule has 7 heteroatoms. The number of carbonyl (C=O) groups excluding carboxylic acids is 2. The van der Waals surface area contributed by atoms with E-state index in [4.69, 9.17) is 4.74 Å². The Bertz CT molecular complexity index is 710. The van der Waals surface area contributed by atoms with Gasteiger partial charge in [0.25, 0.3) is 0 Å². The van der Waals surface area contributed by atoms with E-state index in [-0.39, 0.29) is 19.1 Å². The highest BCUT2D eigenvalue weighted by Gasteiger charge is 2.63. The van der Waals surface area contributed by atoms with Crippen molar-refractivity contribution in [3.8, 4) is 0 Å². The van der Waals surface area contributed by atoms with Crippen molar-refractivity contribution in [3.05, 3.63) is 35.9 Å². The Labute approximate surface area is 142 Å². The first-order valence-electron chi connectivity index (χ1n) is 7.95. The third-order valence-electron chi connectivity index (χ3n) is 4.65. The van der Waals surface area contributed by atoms with E-state index in [0.29, 0.717) is 12.8 Å². The number of β-lactam (4-membered cyclic amide) rings is 1. The van der Waals surface area contributed by atoms with Gasteiger partial charge in [-0.3, -0.25) is 9.59 Å². The topological polar surface area (TPSA) is 80.8 Å². The lowest BCUT2D eigenvalue weighted by atomic mass is 9.73. The highest BCUT2D eigenvalue weighted by atomic mass is 32.2. The summed E-state index contributed by atoms with van der Waals surface area (Å²) >= 11 is 0. The molecule has 6 nitrogen and oxygen atoms in total. The molecule has 0 bridgehead atoms. The van der Waals surface area contributed by atoms with Crippen molar-refractivity contribution in [2.45, 2.75) is 38.7 Å².